The Kier molecular flexibility index (Phi) is 6.85. The molecule has 0 aliphatic rings. The Balaban J connectivity index is 0. The molecule has 0 aliphatic heterocycles. The van der Waals surface area contributed by atoms with Crippen LogP contribution in [0.3, 0.4) is 0 Å². The molecule has 0 saturated heterocycles. The van der Waals surface area contributed by atoms with Gasteiger partial charge in [-0.15, -0.1) is 0 Å². The average Bonchev–Trinajstić information content (AvgIpc) is 1.60. The molecule has 0 rings (SSSR count). The summed E-state index contributed by atoms with van der Waals surface area (Å²) in [6, 6.07) is 0. The van der Waals surface area contributed by atoms with E-state index < -0.39 is 21.3 Å². The molecule has 0 bridgehead atoms. The number of aliphatic carboxylic acids is 1. The van der Waals surface area contributed by atoms with Crippen molar-refractivity contribution >= 4 is 53.8 Å². The summed E-state index contributed by atoms with van der Waals surface area (Å²) in [4.78, 5) is 10.0. The molecule has 64 valence electrons. The minimum atomic E-state index is -4.41. The molecule has 7 heteroatoms. The molecule has 0 saturated carbocycles. The van der Waals surface area contributed by atoms with E-state index >= 15 is 0 Å². The number of carboxylic acids is 1. The van der Waals surface area contributed by atoms with Crippen LogP contribution in [0.5, 0.6) is 0 Å². The third kappa shape index (κ3) is 4.97. The molecular formula is C4H10CaO5S. The predicted octanol–water partition coefficient (Wildman–Crippen LogP) is -1.18. The van der Waals surface area contributed by atoms with Gasteiger partial charge in [-0.1, -0.05) is 6.92 Å². The Bertz CT molecular complexity index is 221. The van der Waals surface area contributed by atoms with E-state index in [1.165, 1.54) is 6.92 Å². The van der Waals surface area contributed by atoms with Gasteiger partial charge in [0, 0.05) is 0 Å². The van der Waals surface area contributed by atoms with Crippen LogP contribution in [0.4, 0.5) is 0 Å². The Labute approximate surface area is 94.5 Å². The van der Waals surface area contributed by atoms with E-state index in [0.29, 0.717) is 0 Å². The topological polar surface area (TPSA) is 91.7 Å². The molecule has 0 aliphatic carbocycles. The van der Waals surface area contributed by atoms with Crippen molar-refractivity contribution in [3.05, 3.63) is 0 Å². The monoisotopic (exact) mass is 210 g/mol. The fourth-order valence-corrected chi connectivity index (χ4v) is 1.19. The fourth-order valence-electron chi connectivity index (χ4n) is 0.513. The second-order valence-corrected chi connectivity index (χ2v) is 3.35. The third-order valence-electron chi connectivity index (χ3n) is 1.01. The number of hydrogen-bond acceptors (Lipinski definition) is 3. The van der Waals surface area contributed by atoms with Crippen molar-refractivity contribution in [2.45, 2.75) is 18.6 Å². The van der Waals surface area contributed by atoms with E-state index in [-0.39, 0.29) is 44.2 Å². The van der Waals surface area contributed by atoms with Crippen LogP contribution >= 0.6 is 0 Å². The predicted molar refractivity (Wildman–Crippen MR) is 41.8 cm³/mol. The van der Waals surface area contributed by atoms with E-state index in [0.717, 1.165) is 0 Å². The summed E-state index contributed by atoms with van der Waals surface area (Å²) in [6.07, 6.45) is -0.131. The van der Waals surface area contributed by atoms with Gasteiger partial charge in [0.2, 0.25) is 0 Å². The molecule has 2 N–H and O–H groups in total. The average molecular weight is 210 g/mol. The van der Waals surface area contributed by atoms with Crippen LogP contribution in [-0.4, -0.2) is 67.0 Å². The van der Waals surface area contributed by atoms with E-state index in [1.807, 2.05) is 0 Å². The SMILES string of the molecule is CCC(C(=O)O)S(=O)(=O)O.[CaH2]. The normalized spacial score (nSPS) is 13.3. The molecule has 0 radical (unpaired) electrons. The summed E-state index contributed by atoms with van der Waals surface area (Å²) >= 11 is 0. The van der Waals surface area contributed by atoms with Crippen LogP contribution in [0.2, 0.25) is 0 Å². The van der Waals surface area contributed by atoms with Crippen molar-refractivity contribution in [2.75, 3.05) is 0 Å². The van der Waals surface area contributed by atoms with E-state index in [2.05, 4.69) is 0 Å². The Morgan fingerprint density at radius 2 is 1.91 bits per heavy atom. The van der Waals surface area contributed by atoms with Crippen LogP contribution in [0.1, 0.15) is 13.3 Å². The van der Waals surface area contributed by atoms with Gasteiger partial charge in [-0.2, -0.15) is 8.42 Å². The molecular weight excluding hydrogens is 200 g/mol. The molecule has 0 heterocycles. The van der Waals surface area contributed by atoms with Crippen molar-refractivity contribution < 1.29 is 22.9 Å². The maximum atomic E-state index is 10.2. The molecule has 0 aromatic heterocycles. The number of hydrogen-bond donors (Lipinski definition) is 2. The zero-order valence-corrected chi connectivity index (χ0v) is 6.13. The Morgan fingerprint density at radius 3 is 1.91 bits per heavy atom. The van der Waals surface area contributed by atoms with Crippen LogP contribution in [0.15, 0.2) is 0 Å². The van der Waals surface area contributed by atoms with Crippen molar-refractivity contribution in [3.63, 3.8) is 0 Å². The van der Waals surface area contributed by atoms with Crippen molar-refractivity contribution in [2.24, 2.45) is 0 Å². The van der Waals surface area contributed by atoms with Gasteiger partial charge in [0.05, 0.1) is 0 Å². The van der Waals surface area contributed by atoms with Crippen molar-refractivity contribution in [1.82, 2.24) is 0 Å². The zero-order chi connectivity index (χ0) is 8.36. The summed E-state index contributed by atoms with van der Waals surface area (Å²) in [7, 11) is -4.41. The minimum absolute atomic E-state index is 0. The van der Waals surface area contributed by atoms with Gasteiger partial charge < -0.3 is 5.11 Å². The summed E-state index contributed by atoms with van der Waals surface area (Å²) in [6.45, 7) is 1.37. The summed E-state index contributed by atoms with van der Waals surface area (Å²) < 4.78 is 28.6. The first-order chi connectivity index (χ1) is 4.39. The molecule has 5 nitrogen and oxygen atoms in total. The van der Waals surface area contributed by atoms with Crippen molar-refractivity contribution in [1.29, 1.82) is 0 Å². The second kappa shape index (κ2) is 5.31. The van der Waals surface area contributed by atoms with Gasteiger partial charge in [0.1, 0.15) is 0 Å². The zero-order valence-electron chi connectivity index (χ0n) is 5.31. The van der Waals surface area contributed by atoms with Crippen LogP contribution in [0.25, 0.3) is 0 Å². The molecule has 0 spiro atoms. The number of rotatable bonds is 3. The third-order valence-corrected chi connectivity index (χ3v) is 2.26. The van der Waals surface area contributed by atoms with Gasteiger partial charge in [0.25, 0.3) is 10.1 Å². The number of carbonyl (C=O) groups is 1. The first kappa shape index (κ1) is 14.2. The van der Waals surface area contributed by atoms with Gasteiger partial charge in [-0.25, -0.2) is 0 Å². The second-order valence-electron chi connectivity index (χ2n) is 1.75. The summed E-state index contributed by atoms with van der Waals surface area (Å²) in [5.74, 6) is -1.52. The quantitative estimate of drug-likeness (QED) is 0.452. The van der Waals surface area contributed by atoms with Gasteiger partial charge in [-0.3, -0.25) is 9.35 Å². The Hall–Kier alpha value is 0.640. The summed E-state index contributed by atoms with van der Waals surface area (Å²) in [5, 5.41) is 6.48. The van der Waals surface area contributed by atoms with Gasteiger partial charge >= 0.3 is 43.7 Å². The first-order valence-corrected chi connectivity index (χ1v) is 4.09. The van der Waals surface area contributed by atoms with Gasteiger partial charge in [-0.05, 0) is 6.42 Å². The fraction of sp³-hybridized carbons (Fsp3) is 0.750. The molecule has 0 aromatic rings. The van der Waals surface area contributed by atoms with E-state index in [1.54, 1.807) is 0 Å². The standard InChI is InChI=1S/C4H8O5S.Ca.2H/c1-2-3(4(5)6)10(7,8)9;;;/h3H,2H2,1H3,(H,5,6)(H,7,8,9);;;. The van der Waals surface area contributed by atoms with Crippen LogP contribution < -0.4 is 0 Å². The van der Waals surface area contributed by atoms with Crippen LogP contribution in [0, 0.1) is 0 Å². The van der Waals surface area contributed by atoms with Crippen LogP contribution in [-0.2, 0) is 14.9 Å². The number of carboxylic acid groups (broad SMARTS) is 1. The maximum absolute atomic E-state index is 10.2. The van der Waals surface area contributed by atoms with Gasteiger partial charge in [0.15, 0.2) is 5.25 Å². The summed E-state index contributed by atoms with van der Waals surface area (Å²) in [5.41, 5.74) is 0. The molecule has 1 unspecified atom stereocenters. The molecule has 0 aromatic carbocycles. The molecule has 0 fully saturated rings. The Morgan fingerprint density at radius 1 is 1.55 bits per heavy atom. The van der Waals surface area contributed by atoms with E-state index in [4.69, 9.17) is 9.66 Å². The van der Waals surface area contributed by atoms with Crippen molar-refractivity contribution in [3.8, 4) is 0 Å². The molecule has 11 heavy (non-hydrogen) atoms. The van der Waals surface area contributed by atoms with E-state index in [9.17, 15) is 13.2 Å². The molecule has 1 atom stereocenters. The first-order valence-electron chi connectivity index (χ1n) is 2.58. The molecule has 0 amide bonds.